The Hall–Kier alpha value is 0.210. The molecule has 78 valence electrons. The number of unbranched alkanes of at least 4 members (excludes halogenated alkanes) is 3. The van der Waals surface area contributed by atoms with Gasteiger partial charge in [-0.3, -0.25) is 0 Å². The first-order valence-corrected chi connectivity index (χ1v) is 5.73. The molecule has 1 rings (SSSR count). The molecule has 0 aromatic carbocycles. The topological polar surface area (TPSA) is 18.5 Å². The van der Waals surface area contributed by atoms with Gasteiger partial charge in [0.05, 0.1) is 18.6 Å². The summed E-state index contributed by atoms with van der Waals surface area (Å²) in [7, 11) is 0. The SMILES string of the molecule is CCCCCCC1OCC(CCl)O1. The van der Waals surface area contributed by atoms with Crippen molar-refractivity contribution in [1.82, 2.24) is 0 Å². The first kappa shape index (κ1) is 11.3. The summed E-state index contributed by atoms with van der Waals surface area (Å²) in [6.07, 6.45) is 6.23. The third kappa shape index (κ3) is 4.30. The van der Waals surface area contributed by atoms with Gasteiger partial charge >= 0.3 is 0 Å². The van der Waals surface area contributed by atoms with Gasteiger partial charge in [0, 0.05) is 0 Å². The molecule has 13 heavy (non-hydrogen) atoms. The van der Waals surface area contributed by atoms with E-state index in [0.717, 1.165) is 6.42 Å². The van der Waals surface area contributed by atoms with Crippen molar-refractivity contribution in [2.24, 2.45) is 0 Å². The molecule has 1 heterocycles. The van der Waals surface area contributed by atoms with Gasteiger partial charge in [0.15, 0.2) is 6.29 Å². The Bertz CT molecular complexity index is 130. The van der Waals surface area contributed by atoms with Crippen LogP contribution in [0.2, 0.25) is 0 Å². The van der Waals surface area contributed by atoms with Crippen molar-refractivity contribution in [1.29, 1.82) is 0 Å². The Morgan fingerprint density at radius 3 is 2.77 bits per heavy atom. The molecule has 0 amide bonds. The van der Waals surface area contributed by atoms with E-state index in [9.17, 15) is 0 Å². The minimum Gasteiger partial charge on any atom is -0.350 e. The second-order valence-electron chi connectivity index (χ2n) is 3.52. The zero-order valence-electron chi connectivity index (χ0n) is 8.30. The molecular formula is C10H19ClO2. The second kappa shape index (κ2) is 6.63. The molecule has 1 aliphatic heterocycles. The summed E-state index contributed by atoms with van der Waals surface area (Å²) in [6.45, 7) is 2.88. The van der Waals surface area contributed by atoms with Gasteiger partial charge in [-0.2, -0.15) is 0 Å². The van der Waals surface area contributed by atoms with Gasteiger partial charge in [-0.1, -0.05) is 26.2 Å². The summed E-state index contributed by atoms with van der Waals surface area (Å²) in [5.41, 5.74) is 0. The predicted molar refractivity (Wildman–Crippen MR) is 54.1 cm³/mol. The Kier molecular flexibility index (Phi) is 5.76. The maximum absolute atomic E-state index is 5.65. The van der Waals surface area contributed by atoms with E-state index in [1.54, 1.807) is 0 Å². The Balaban J connectivity index is 1.97. The van der Waals surface area contributed by atoms with E-state index < -0.39 is 0 Å². The fourth-order valence-corrected chi connectivity index (χ4v) is 1.64. The van der Waals surface area contributed by atoms with Crippen LogP contribution in [-0.2, 0) is 9.47 Å². The van der Waals surface area contributed by atoms with Crippen molar-refractivity contribution in [2.45, 2.75) is 51.4 Å². The molecule has 0 aromatic heterocycles. The minimum absolute atomic E-state index is 0.0145. The lowest BCUT2D eigenvalue weighted by molar-refractivity contribution is -0.0599. The van der Waals surface area contributed by atoms with Gasteiger partial charge in [0.2, 0.25) is 0 Å². The van der Waals surface area contributed by atoms with E-state index in [4.69, 9.17) is 21.1 Å². The molecule has 0 saturated carbocycles. The molecule has 2 nitrogen and oxygen atoms in total. The van der Waals surface area contributed by atoms with Gasteiger partial charge < -0.3 is 9.47 Å². The van der Waals surface area contributed by atoms with E-state index in [1.807, 2.05) is 0 Å². The van der Waals surface area contributed by atoms with Crippen LogP contribution >= 0.6 is 11.6 Å². The first-order chi connectivity index (χ1) is 6.36. The first-order valence-electron chi connectivity index (χ1n) is 5.19. The standard InChI is InChI=1S/C10H19ClO2/c1-2-3-4-5-6-10-12-8-9(7-11)13-10/h9-10H,2-8H2,1H3. The summed E-state index contributed by atoms with van der Waals surface area (Å²) in [4.78, 5) is 0. The maximum Gasteiger partial charge on any atom is 0.158 e. The molecule has 0 N–H and O–H groups in total. The number of hydrogen-bond acceptors (Lipinski definition) is 2. The zero-order chi connectivity index (χ0) is 9.52. The Morgan fingerprint density at radius 2 is 2.15 bits per heavy atom. The van der Waals surface area contributed by atoms with Crippen molar-refractivity contribution in [2.75, 3.05) is 12.5 Å². The van der Waals surface area contributed by atoms with E-state index in [-0.39, 0.29) is 12.4 Å². The normalized spacial score (nSPS) is 28.2. The lowest BCUT2D eigenvalue weighted by atomic mass is 10.1. The van der Waals surface area contributed by atoms with Crippen LogP contribution in [0.1, 0.15) is 39.0 Å². The number of ether oxygens (including phenoxy) is 2. The molecule has 0 radical (unpaired) electrons. The van der Waals surface area contributed by atoms with Crippen LogP contribution in [0.25, 0.3) is 0 Å². The fourth-order valence-electron chi connectivity index (χ4n) is 1.48. The molecule has 1 aliphatic rings. The molecule has 0 aliphatic carbocycles. The molecule has 0 spiro atoms. The van der Waals surface area contributed by atoms with Crippen LogP contribution in [0.15, 0.2) is 0 Å². The number of halogens is 1. The Morgan fingerprint density at radius 1 is 1.31 bits per heavy atom. The fraction of sp³-hybridized carbons (Fsp3) is 1.00. The van der Waals surface area contributed by atoms with Gasteiger partial charge in [-0.25, -0.2) is 0 Å². The monoisotopic (exact) mass is 206 g/mol. The molecule has 1 fully saturated rings. The summed E-state index contributed by atoms with van der Waals surface area (Å²) < 4.78 is 11.0. The van der Waals surface area contributed by atoms with Crippen molar-refractivity contribution in [3.63, 3.8) is 0 Å². The highest BCUT2D eigenvalue weighted by atomic mass is 35.5. The summed E-state index contributed by atoms with van der Waals surface area (Å²) in [5.74, 6) is 0.547. The van der Waals surface area contributed by atoms with Crippen LogP contribution in [0.3, 0.4) is 0 Å². The van der Waals surface area contributed by atoms with E-state index in [0.29, 0.717) is 12.5 Å². The number of alkyl halides is 1. The van der Waals surface area contributed by atoms with Crippen molar-refractivity contribution in [3.8, 4) is 0 Å². The largest absolute Gasteiger partial charge is 0.350 e. The van der Waals surface area contributed by atoms with Crippen molar-refractivity contribution >= 4 is 11.6 Å². The number of rotatable bonds is 6. The second-order valence-corrected chi connectivity index (χ2v) is 3.83. The lowest BCUT2D eigenvalue weighted by Crippen LogP contribution is -2.13. The summed E-state index contributed by atoms with van der Waals surface area (Å²) in [6, 6.07) is 0. The zero-order valence-corrected chi connectivity index (χ0v) is 9.05. The van der Waals surface area contributed by atoms with E-state index in [2.05, 4.69) is 6.92 Å². The average molecular weight is 207 g/mol. The van der Waals surface area contributed by atoms with Crippen LogP contribution in [0.5, 0.6) is 0 Å². The third-order valence-electron chi connectivity index (χ3n) is 2.28. The van der Waals surface area contributed by atoms with Gasteiger partial charge in [0.25, 0.3) is 0 Å². The molecular weight excluding hydrogens is 188 g/mol. The molecule has 0 aromatic rings. The lowest BCUT2D eigenvalue weighted by Gasteiger charge is -2.09. The predicted octanol–water partition coefficient (Wildman–Crippen LogP) is 2.94. The highest BCUT2D eigenvalue weighted by molar-refractivity contribution is 6.18. The molecule has 1 saturated heterocycles. The molecule has 0 bridgehead atoms. The minimum atomic E-state index is 0.0145. The van der Waals surface area contributed by atoms with Gasteiger partial charge in [-0.05, 0) is 12.8 Å². The number of hydrogen-bond donors (Lipinski definition) is 0. The third-order valence-corrected chi connectivity index (χ3v) is 2.62. The molecule has 2 unspecified atom stereocenters. The quantitative estimate of drug-likeness (QED) is 0.492. The molecule has 3 heteroatoms. The highest BCUT2D eigenvalue weighted by Gasteiger charge is 2.24. The van der Waals surface area contributed by atoms with Crippen molar-refractivity contribution in [3.05, 3.63) is 0 Å². The van der Waals surface area contributed by atoms with Crippen LogP contribution in [0, 0.1) is 0 Å². The van der Waals surface area contributed by atoms with Crippen molar-refractivity contribution < 1.29 is 9.47 Å². The highest BCUT2D eigenvalue weighted by Crippen LogP contribution is 2.18. The summed E-state index contributed by atoms with van der Waals surface area (Å²) >= 11 is 5.65. The Labute approximate surface area is 85.5 Å². The van der Waals surface area contributed by atoms with Gasteiger partial charge in [0.1, 0.15) is 0 Å². The maximum atomic E-state index is 5.65. The van der Waals surface area contributed by atoms with Crippen LogP contribution in [-0.4, -0.2) is 24.9 Å². The van der Waals surface area contributed by atoms with Crippen LogP contribution < -0.4 is 0 Å². The smallest absolute Gasteiger partial charge is 0.158 e. The summed E-state index contributed by atoms with van der Waals surface area (Å²) in [5, 5.41) is 0. The molecule has 2 atom stereocenters. The van der Waals surface area contributed by atoms with E-state index in [1.165, 1.54) is 25.7 Å². The van der Waals surface area contributed by atoms with E-state index >= 15 is 0 Å². The van der Waals surface area contributed by atoms with Gasteiger partial charge in [-0.15, -0.1) is 11.6 Å². The van der Waals surface area contributed by atoms with Crippen LogP contribution in [0.4, 0.5) is 0 Å². The average Bonchev–Trinajstić information content (AvgIpc) is 2.60.